The van der Waals surface area contributed by atoms with Gasteiger partial charge in [0.25, 0.3) is 5.91 Å². The lowest BCUT2D eigenvalue weighted by Gasteiger charge is -2.19. The predicted octanol–water partition coefficient (Wildman–Crippen LogP) is 4.02. The van der Waals surface area contributed by atoms with E-state index in [1.54, 1.807) is 11.3 Å². The highest BCUT2D eigenvalue weighted by atomic mass is 32.1. The second-order valence-electron chi connectivity index (χ2n) is 5.91. The molecule has 1 aromatic carbocycles. The Bertz CT molecular complexity index is 550. The quantitative estimate of drug-likeness (QED) is 0.904. The molecule has 2 rings (SSSR count). The van der Waals surface area contributed by atoms with Gasteiger partial charge in [0, 0.05) is 17.0 Å². The van der Waals surface area contributed by atoms with Crippen molar-refractivity contribution in [3.63, 3.8) is 0 Å². The van der Waals surface area contributed by atoms with Crippen LogP contribution < -0.4 is 5.32 Å². The molecule has 106 valence electrons. The van der Waals surface area contributed by atoms with Crippen LogP contribution in [0.25, 0.3) is 0 Å². The van der Waals surface area contributed by atoms with E-state index in [0.29, 0.717) is 6.54 Å². The largest absolute Gasteiger partial charge is 0.352 e. The average Bonchev–Trinajstić information content (AvgIpc) is 2.91. The molecule has 0 aliphatic heterocycles. The normalized spacial score (nSPS) is 11.3. The molecule has 0 spiro atoms. The topological polar surface area (TPSA) is 29.1 Å². The molecule has 0 aliphatic carbocycles. The van der Waals surface area contributed by atoms with E-state index < -0.39 is 0 Å². The van der Waals surface area contributed by atoms with Gasteiger partial charge < -0.3 is 5.32 Å². The molecule has 3 heteroatoms. The van der Waals surface area contributed by atoms with E-state index in [4.69, 9.17) is 0 Å². The number of carbonyl (C=O) groups excluding carboxylic acids is 1. The maximum absolute atomic E-state index is 12.0. The Kier molecular flexibility index (Phi) is 4.61. The number of rotatable bonds is 4. The third kappa shape index (κ3) is 3.94. The van der Waals surface area contributed by atoms with Gasteiger partial charge in [-0.05, 0) is 41.0 Å². The van der Waals surface area contributed by atoms with Gasteiger partial charge in [0.05, 0.1) is 0 Å². The minimum atomic E-state index is 0.00187. The molecule has 1 amide bonds. The van der Waals surface area contributed by atoms with E-state index in [1.165, 1.54) is 10.4 Å². The smallest absolute Gasteiger partial charge is 0.251 e. The Morgan fingerprint density at radius 1 is 1.15 bits per heavy atom. The van der Waals surface area contributed by atoms with Crippen molar-refractivity contribution in [2.24, 2.45) is 0 Å². The fraction of sp³-hybridized carbons (Fsp3) is 0.353. The first-order valence-corrected chi connectivity index (χ1v) is 7.76. The van der Waals surface area contributed by atoms with Crippen molar-refractivity contribution in [3.8, 4) is 0 Å². The van der Waals surface area contributed by atoms with Crippen LogP contribution in [0.5, 0.6) is 0 Å². The SMILES string of the molecule is CC(C)(C)c1ccc(C(=O)NCCc2cccs2)cc1. The summed E-state index contributed by atoms with van der Waals surface area (Å²) in [5.74, 6) is 0.00187. The molecule has 1 heterocycles. The van der Waals surface area contributed by atoms with E-state index in [2.05, 4.69) is 37.5 Å². The summed E-state index contributed by atoms with van der Waals surface area (Å²) >= 11 is 1.72. The summed E-state index contributed by atoms with van der Waals surface area (Å²) in [6.45, 7) is 7.19. The highest BCUT2D eigenvalue weighted by Gasteiger charge is 2.14. The minimum Gasteiger partial charge on any atom is -0.352 e. The number of nitrogens with one attached hydrogen (secondary N) is 1. The fourth-order valence-electron chi connectivity index (χ4n) is 1.98. The van der Waals surface area contributed by atoms with E-state index >= 15 is 0 Å². The van der Waals surface area contributed by atoms with Gasteiger partial charge in [-0.3, -0.25) is 4.79 Å². The van der Waals surface area contributed by atoms with Gasteiger partial charge in [0.1, 0.15) is 0 Å². The molecular formula is C17H21NOS. The van der Waals surface area contributed by atoms with Crippen LogP contribution in [0.15, 0.2) is 41.8 Å². The molecule has 0 aliphatic rings. The molecular weight excluding hydrogens is 266 g/mol. The highest BCUT2D eigenvalue weighted by Crippen LogP contribution is 2.22. The van der Waals surface area contributed by atoms with Gasteiger partial charge in [-0.15, -0.1) is 11.3 Å². The van der Waals surface area contributed by atoms with Gasteiger partial charge in [-0.25, -0.2) is 0 Å². The summed E-state index contributed by atoms with van der Waals surface area (Å²) in [5.41, 5.74) is 2.09. The molecule has 0 saturated heterocycles. The lowest BCUT2D eigenvalue weighted by Crippen LogP contribution is -2.25. The first-order valence-electron chi connectivity index (χ1n) is 6.88. The number of thiophene rings is 1. The van der Waals surface area contributed by atoms with Gasteiger partial charge in [-0.1, -0.05) is 39.0 Å². The van der Waals surface area contributed by atoms with Crippen molar-refractivity contribution in [1.82, 2.24) is 5.32 Å². The highest BCUT2D eigenvalue weighted by molar-refractivity contribution is 7.09. The number of hydrogen-bond donors (Lipinski definition) is 1. The standard InChI is InChI=1S/C17H21NOS/c1-17(2,3)14-8-6-13(7-9-14)16(19)18-11-10-15-5-4-12-20-15/h4-9,12H,10-11H2,1-3H3,(H,18,19). The van der Waals surface area contributed by atoms with Crippen LogP contribution in [-0.2, 0) is 11.8 Å². The maximum Gasteiger partial charge on any atom is 0.251 e. The van der Waals surface area contributed by atoms with Crippen molar-refractivity contribution >= 4 is 17.2 Å². The number of amides is 1. The Labute approximate surface area is 124 Å². The van der Waals surface area contributed by atoms with E-state index in [0.717, 1.165) is 12.0 Å². The Morgan fingerprint density at radius 3 is 2.40 bits per heavy atom. The number of hydrogen-bond acceptors (Lipinski definition) is 2. The average molecular weight is 287 g/mol. The molecule has 0 unspecified atom stereocenters. The van der Waals surface area contributed by atoms with E-state index in [1.807, 2.05) is 30.3 Å². The van der Waals surface area contributed by atoms with Crippen molar-refractivity contribution < 1.29 is 4.79 Å². The summed E-state index contributed by atoms with van der Waals surface area (Å²) in [7, 11) is 0. The van der Waals surface area contributed by atoms with E-state index in [9.17, 15) is 4.79 Å². The van der Waals surface area contributed by atoms with Crippen LogP contribution in [-0.4, -0.2) is 12.5 Å². The Balaban J connectivity index is 1.89. The van der Waals surface area contributed by atoms with Gasteiger partial charge in [0.2, 0.25) is 0 Å². The third-order valence-corrected chi connectivity index (χ3v) is 4.19. The van der Waals surface area contributed by atoms with Crippen molar-refractivity contribution in [2.75, 3.05) is 6.54 Å². The summed E-state index contributed by atoms with van der Waals surface area (Å²) in [6, 6.07) is 12.0. The molecule has 0 radical (unpaired) electrons. The van der Waals surface area contributed by atoms with Crippen LogP contribution in [0.1, 0.15) is 41.6 Å². The van der Waals surface area contributed by atoms with Crippen molar-refractivity contribution in [2.45, 2.75) is 32.6 Å². The van der Waals surface area contributed by atoms with Gasteiger partial charge in [-0.2, -0.15) is 0 Å². The molecule has 1 aromatic heterocycles. The zero-order valence-electron chi connectivity index (χ0n) is 12.3. The van der Waals surface area contributed by atoms with Gasteiger partial charge >= 0.3 is 0 Å². The van der Waals surface area contributed by atoms with Crippen LogP contribution >= 0.6 is 11.3 Å². The first kappa shape index (κ1) is 14.8. The molecule has 20 heavy (non-hydrogen) atoms. The van der Waals surface area contributed by atoms with Crippen LogP contribution in [0.4, 0.5) is 0 Å². The monoisotopic (exact) mass is 287 g/mol. The molecule has 2 nitrogen and oxygen atoms in total. The summed E-state index contributed by atoms with van der Waals surface area (Å²) in [5, 5.41) is 5.02. The second kappa shape index (κ2) is 6.23. The Morgan fingerprint density at radius 2 is 1.85 bits per heavy atom. The molecule has 0 fully saturated rings. The zero-order valence-corrected chi connectivity index (χ0v) is 13.1. The molecule has 2 aromatic rings. The lowest BCUT2D eigenvalue weighted by atomic mass is 9.87. The van der Waals surface area contributed by atoms with Crippen LogP contribution in [0.3, 0.4) is 0 Å². The molecule has 0 atom stereocenters. The maximum atomic E-state index is 12.0. The Hall–Kier alpha value is -1.61. The predicted molar refractivity (Wildman–Crippen MR) is 85.5 cm³/mol. The molecule has 0 bridgehead atoms. The minimum absolute atomic E-state index is 0.00187. The van der Waals surface area contributed by atoms with Crippen LogP contribution in [0.2, 0.25) is 0 Å². The summed E-state index contributed by atoms with van der Waals surface area (Å²) in [6.07, 6.45) is 0.892. The molecule has 1 N–H and O–H groups in total. The number of carbonyl (C=O) groups is 1. The summed E-state index contributed by atoms with van der Waals surface area (Å²) < 4.78 is 0. The van der Waals surface area contributed by atoms with E-state index in [-0.39, 0.29) is 11.3 Å². The molecule has 0 saturated carbocycles. The first-order chi connectivity index (χ1) is 9.47. The number of benzene rings is 1. The van der Waals surface area contributed by atoms with Crippen LogP contribution in [0, 0.1) is 0 Å². The van der Waals surface area contributed by atoms with Crippen molar-refractivity contribution in [3.05, 3.63) is 57.8 Å². The van der Waals surface area contributed by atoms with Gasteiger partial charge in [0.15, 0.2) is 0 Å². The second-order valence-corrected chi connectivity index (χ2v) is 6.94. The summed E-state index contributed by atoms with van der Waals surface area (Å²) in [4.78, 5) is 13.3. The van der Waals surface area contributed by atoms with Crippen molar-refractivity contribution in [1.29, 1.82) is 0 Å². The fourth-order valence-corrected chi connectivity index (χ4v) is 2.69. The lowest BCUT2D eigenvalue weighted by molar-refractivity contribution is 0.0954. The zero-order chi connectivity index (χ0) is 14.6. The third-order valence-electron chi connectivity index (χ3n) is 3.25.